The van der Waals surface area contributed by atoms with Gasteiger partial charge >= 0.3 is 5.97 Å². The standard InChI is InChI=1S/C13H17N3O3S/c1-13(2)7(8(13)11(18)19)9(17)14-12-16-15-10(20-12)6-4-3-5-6/h6-8H,3-5H2,1-2H3,(H,18,19)(H,14,16,17)/t7-,8+/m0/s1. The third-order valence-corrected chi connectivity index (χ3v) is 5.50. The molecule has 0 aliphatic heterocycles. The number of rotatable bonds is 4. The highest BCUT2D eigenvalue weighted by Crippen LogP contribution is 2.58. The summed E-state index contributed by atoms with van der Waals surface area (Å²) >= 11 is 1.40. The average Bonchev–Trinajstić information content (AvgIpc) is 2.62. The summed E-state index contributed by atoms with van der Waals surface area (Å²) in [5.74, 6) is -1.79. The van der Waals surface area contributed by atoms with Crippen LogP contribution in [0.3, 0.4) is 0 Å². The lowest BCUT2D eigenvalue weighted by Gasteiger charge is -2.21. The van der Waals surface area contributed by atoms with Crippen LogP contribution in [0.15, 0.2) is 0 Å². The molecule has 3 rings (SSSR count). The van der Waals surface area contributed by atoms with E-state index < -0.39 is 23.2 Å². The number of carbonyl (C=O) groups is 2. The van der Waals surface area contributed by atoms with E-state index in [-0.39, 0.29) is 5.91 Å². The molecule has 108 valence electrons. The second-order valence-electron chi connectivity index (χ2n) is 6.18. The maximum absolute atomic E-state index is 12.1. The smallest absolute Gasteiger partial charge is 0.307 e. The van der Waals surface area contributed by atoms with Gasteiger partial charge in [0.15, 0.2) is 0 Å². The third kappa shape index (κ3) is 2.09. The van der Waals surface area contributed by atoms with Gasteiger partial charge in [-0.3, -0.25) is 9.59 Å². The summed E-state index contributed by atoms with van der Waals surface area (Å²) in [6.07, 6.45) is 3.50. The van der Waals surface area contributed by atoms with Gasteiger partial charge < -0.3 is 10.4 Å². The van der Waals surface area contributed by atoms with Gasteiger partial charge in [-0.1, -0.05) is 31.6 Å². The van der Waals surface area contributed by atoms with Crippen molar-refractivity contribution < 1.29 is 14.7 Å². The molecule has 0 unspecified atom stereocenters. The summed E-state index contributed by atoms with van der Waals surface area (Å²) in [6.45, 7) is 3.60. The molecular weight excluding hydrogens is 278 g/mol. The molecule has 1 heterocycles. The minimum absolute atomic E-state index is 0.265. The molecule has 2 N–H and O–H groups in total. The van der Waals surface area contributed by atoms with Crippen LogP contribution in [0.4, 0.5) is 5.13 Å². The minimum atomic E-state index is -0.914. The number of anilines is 1. The van der Waals surface area contributed by atoms with Crippen molar-refractivity contribution in [2.45, 2.75) is 39.0 Å². The maximum atomic E-state index is 12.1. The Balaban J connectivity index is 1.65. The first-order valence-corrected chi connectivity index (χ1v) is 7.60. The van der Waals surface area contributed by atoms with E-state index in [9.17, 15) is 9.59 Å². The molecule has 0 saturated heterocycles. The second kappa shape index (κ2) is 4.51. The summed E-state index contributed by atoms with van der Waals surface area (Å²) < 4.78 is 0. The van der Waals surface area contributed by atoms with E-state index in [1.807, 2.05) is 0 Å². The number of aromatic nitrogens is 2. The zero-order valence-corrected chi connectivity index (χ0v) is 12.2. The van der Waals surface area contributed by atoms with Crippen molar-refractivity contribution in [3.05, 3.63) is 5.01 Å². The van der Waals surface area contributed by atoms with Crippen molar-refractivity contribution in [3.63, 3.8) is 0 Å². The molecule has 1 aromatic heterocycles. The van der Waals surface area contributed by atoms with Crippen LogP contribution in [0.5, 0.6) is 0 Å². The molecule has 0 bridgehead atoms. The fraction of sp³-hybridized carbons (Fsp3) is 0.692. The molecule has 1 amide bonds. The van der Waals surface area contributed by atoms with E-state index in [1.165, 1.54) is 17.8 Å². The van der Waals surface area contributed by atoms with E-state index in [0.29, 0.717) is 11.0 Å². The highest BCUT2D eigenvalue weighted by Gasteiger charge is 2.66. The third-order valence-electron chi connectivity index (χ3n) is 4.50. The van der Waals surface area contributed by atoms with Gasteiger partial charge in [-0.15, -0.1) is 10.2 Å². The van der Waals surface area contributed by atoms with Crippen LogP contribution in [0.2, 0.25) is 0 Å². The number of hydrogen-bond donors (Lipinski definition) is 2. The molecule has 20 heavy (non-hydrogen) atoms. The Morgan fingerprint density at radius 3 is 2.50 bits per heavy atom. The molecule has 2 aliphatic rings. The zero-order valence-electron chi connectivity index (χ0n) is 11.4. The fourth-order valence-electron chi connectivity index (χ4n) is 2.88. The van der Waals surface area contributed by atoms with Crippen LogP contribution >= 0.6 is 11.3 Å². The van der Waals surface area contributed by atoms with Gasteiger partial charge in [0, 0.05) is 5.92 Å². The zero-order chi connectivity index (χ0) is 14.5. The van der Waals surface area contributed by atoms with E-state index >= 15 is 0 Å². The summed E-state index contributed by atoms with van der Waals surface area (Å²) in [4.78, 5) is 23.2. The van der Waals surface area contributed by atoms with Crippen molar-refractivity contribution in [2.75, 3.05) is 5.32 Å². The van der Waals surface area contributed by atoms with E-state index in [2.05, 4.69) is 15.5 Å². The number of aliphatic carboxylic acids is 1. The van der Waals surface area contributed by atoms with Crippen molar-refractivity contribution in [3.8, 4) is 0 Å². The first-order chi connectivity index (χ1) is 9.41. The highest BCUT2D eigenvalue weighted by atomic mass is 32.1. The number of carboxylic acids is 1. The highest BCUT2D eigenvalue weighted by molar-refractivity contribution is 7.15. The topological polar surface area (TPSA) is 92.2 Å². The first kappa shape index (κ1) is 13.5. The van der Waals surface area contributed by atoms with Crippen LogP contribution in [-0.4, -0.2) is 27.2 Å². The molecular formula is C13H17N3O3S. The normalized spacial score (nSPS) is 27.7. The average molecular weight is 295 g/mol. The Hall–Kier alpha value is -1.50. The molecule has 0 aromatic carbocycles. The van der Waals surface area contributed by atoms with E-state index in [0.717, 1.165) is 17.8 Å². The van der Waals surface area contributed by atoms with Crippen LogP contribution in [0, 0.1) is 17.3 Å². The predicted octanol–water partition coefficient (Wildman–Crippen LogP) is 2.10. The maximum Gasteiger partial charge on any atom is 0.307 e. The van der Waals surface area contributed by atoms with E-state index in [4.69, 9.17) is 5.11 Å². The second-order valence-corrected chi connectivity index (χ2v) is 7.19. The largest absolute Gasteiger partial charge is 0.481 e. The quantitative estimate of drug-likeness (QED) is 0.887. The summed E-state index contributed by atoms with van der Waals surface area (Å²) in [5, 5.41) is 21.3. The lowest BCUT2D eigenvalue weighted by Crippen LogP contribution is -2.17. The van der Waals surface area contributed by atoms with Crippen molar-refractivity contribution in [1.29, 1.82) is 0 Å². The van der Waals surface area contributed by atoms with Crippen LogP contribution < -0.4 is 5.32 Å². The molecule has 2 aliphatic carbocycles. The van der Waals surface area contributed by atoms with Gasteiger partial charge in [0.25, 0.3) is 0 Å². The van der Waals surface area contributed by atoms with Gasteiger partial charge in [-0.05, 0) is 18.3 Å². The van der Waals surface area contributed by atoms with Gasteiger partial charge in [-0.2, -0.15) is 0 Å². The molecule has 1 aromatic rings. The molecule has 7 heteroatoms. The SMILES string of the molecule is CC1(C)[C@H](C(=O)Nc2nnc(C3CCC3)s2)[C@@H]1C(=O)O. The predicted molar refractivity (Wildman–Crippen MR) is 73.5 cm³/mol. The Morgan fingerprint density at radius 1 is 1.30 bits per heavy atom. The Labute approximate surface area is 120 Å². The number of nitrogens with zero attached hydrogens (tertiary/aromatic N) is 2. The lowest BCUT2D eigenvalue weighted by atomic mass is 9.86. The summed E-state index contributed by atoms with van der Waals surface area (Å²) in [7, 11) is 0. The number of amides is 1. The van der Waals surface area contributed by atoms with E-state index in [1.54, 1.807) is 13.8 Å². The fourth-order valence-corrected chi connectivity index (χ4v) is 3.79. The van der Waals surface area contributed by atoms with Gasteiger partial charge in [-0.25, -0.2) is 0 Å². The minimum Gasteiger partial charge on any atom is -0.481 e. The number of carbonyl (C=O) groups excluding carboxylic acids is 1. The Kier molecular flexibility index (Phi) is 3.04. The summed E-state index contributed by atoms with van der Waals surface area (Å²) in [6, 6.07) is 0. The molecule has 2 saturated carbocycles. The Morgan fingerprint density at radius 2 is 2.00 bits per heavy atom. The first-order valence-electron chi connectivity index (χ1n) is 6.78. The van der Waals surface area contributed by atoms with Crippen LogP contribution in [0.1, 0.15) is 44.0 Å². The van der Waals surface area contributed by atoms with Gasteiger partial charge in [0.05, 0.1) is 11.8 Å². The van der Waals surface area contributed by atoms with Crippen molar-refractivity contribution in [2.24, 2.45) is 17.3 Å². The number of nitrogens with one attached hydrogen (secondary N) is 1. The molecule has 0 spiro atoms. The summed E-state index contributed by atoms with van der Waals surface area (Å²) in [5.41, 5.74) is -0.489. The number of carboxylic acid groups (broad SMARTS) is 1. The van der Waals surface area contributed by atoms with Crippen molar-refractivity contribution >= 4 is 28.3 Å². The molecule has 6 nitrogen and oxygen atoms in total. The van der Waals surface area contributed by atoms with Gasteiger partial charge in [0.2, 0.25) is 11.0 Å². The van der Waals surface area contributed by atoms with Crippen molar-refractivity contribution in [1.82, 2.24) is 10.2 Å². The molecule has 0 radical (unpaired) electrons. The molecule has 2 fully saturated rings. The van der Waals surface area contributed by atoms with Crippen LogP contribution in [-0.2, 0) is 9.59 Å². The molecule has 2 atom stereocenters. The van der Waals surface area contributed by atoms with Crippen LogP contribution in [0.25, 0.3) is 0 Å². The van der Waals surface area contributed by atoms with Gasteiger partial charge in [0.1, 0.15) is 5.01 Å². The number of hydrogen-bond acceptors (Lipinski definition) is 5. The Bertz CT molecular complexity index is 565. The lowest BCUT2D eigenvalue weighted by molar-refractivity contribution is -0.140. The monoisotopic (exact) mass is 295 g/mol.